The van der Waals surface area contributed by atoms with Crippen molar-refractivity contribution >= 4 is 32.5 Å². The van der Waals surface area contributed by atoms with Crippen molar-refractivity contribution in [3.63, 3.8) is 0 Å². The molecule has 0 aromatic heterocycles. The molecular weight excluding hydrogens is 515 g/mol. The first-order chi connectivity index (χ1) is 14.9. The monoisotopic (exact) mass is 524 g/mol. The maximum atomic E-state index is 13.6. The minimum Gasteiger partial charge on any atom is -0.263 e. The number of benzene rings is 1. The molecule has 0 aliphatic carbocycles. The van der Waals surface area contributed by atoms with Gasteiger partial charge in [0.1, 0.15) is 11.1 Å². The molecule has 0 amide bonds. The minimum atomic E-state index is -7.43. The predicted octanol–water partition coefficient (Wildman–Crippen LogP) is 5.62. The molecule has 0 saturated heterocycles. The van der Waals surface area contributed by atoms with Gasteiger partial charge in [-0.25, -0.2) is 0 Å². The maximum Gasteiger partial charge on any atom is 0.460 e. The Labute approximate surface area is 184 Å². The van der Waals surface area contributed by atoms with Gasteiger partial charge in [-0.2, -0.15) is 53.2 Å². The molecule has 0 bridgehead atoms. The summed E-state index contributed by atoms with van der Waals surface area (Å²) in [4.78, 5) is 0.104. The number of nitriles is 1. The standard InChI is InChI=1S/C17H9F9N2O3S2/c1-9-4-2-3-5-10(9)11(8-27)12-6-7-13(32-12)28-31-33(29,30)17(25,26)15(20,21)14(18,19)16(22,23)24/h2-7H,1H3/b12-11-,28-13+. The summed E-state index contributed by atoms with van der Waals surface area (Å²) in [5.41, 5.74) is 1.11. The molecule has 0 atom stereocenters. The number of nitrogens with zero attached hydrogens (tertiary/aromatic N) is 2. The second-order valence-corrected chi connectivity index (χ2v) is 8.86. The van der Waals surface area contributed by atoms with Gasteiger partial charge in [-0.05, 0) is 30.2 Å². The third-order valence-corrected chi connectivity index (χ3v) is 6.15. The zero-order valence-electron chi connectivity index (χ0n) is 15.8. The summed E-state index contributed by atoms with van der Waals surface area (Å²) >= 11 is 0.462. The third kappa shape index (κ3) is 4.56. The van der Waals surface area contributed by atoms with Gasteiger partial charge in [-0.15, -0.1) is 0 Å². The van der Waals surface area contributed by atoms with Crippen LogP contribution in [0.4, 0.5) is 39.5 Å². The van der Waals surface area contributed by atoms with Crippen LogP contribution in [0.1, 0.15) is 11.1 Å². The lowest BCUT2D eigenvalue weighted by atomic mass is 10.0. The van der Waals surface area contributed by atoms with Crippen LogP contribution >= 0.6 is 11.8 Å². The van der Waals surface area contributed by atoms with Crippen molar-refractivity contribution in [2.75, 3.05) is 0 Å². The number of halogens is 9. The summed E-state index contributed by atoms with van der Waals surface area (Å²) in [6.07, 6.45) is -5.13. The fourth-order valence-corrected chi connectivity index (χ4v) is 3.85. The van der Waals surface area contributed by atoms with E-state index < -0.39 is 38.4 Å². The highest BCUT2D eigenvalue weighted by molar-refractivity contribution is 8.18. The molecule has 0 fully saturated rings. The lowest BCUT2D eigenvalue weighted by molar-refractivity contribution is -0.382. The van der Waals surface area contributed by atoms with E-state index in [-0.39, 0.29) is 10.5 Å². The van der Waals surface area contributed by atoms with E-state index in [1.165, 1.54) is 0 Å². The number of aryl methyl sites for hydroxylation is 1. The predicted molar refractivity (Wildman–Crippen MR) is 98.8 cm³/mol. The Kier molecular flexibility index (Phi) is 6.92. The second kappa shape index (κ2) is 8.60. The van der Waals surface area contributed by atoms with E-state index in [0.717, 1.165) is 12.2 Å². The van der Waals surface area contributed by atoms with Gasteiger partial charge in [0, 0.05) is 4.91 Å². The number of allylic oxidation sites excluding steroid dienone is 2. The molecule has 5 nitrogen and oxygen atoms in total. The van der Waals surface area contributed by atoms with Crippen molar-refractivity contribution in [1.82, 2.24) is 0 Å². The van der Waals surface area contributed by atoms with Crippen molar-refractivity contribution in [3.05, 3.63) is 52.4 Å². The Balaban J connectivity index is 2.34. The van der Waals surface area contributed by atoms with Crippen molar-refractivity contribution in [2.24, 2.45) is 5.16 Å². The van der Waals surface area contributed by atoms with E-state index in [1.807, 2.05) is 6.07 Å². The Morgan fingerprint density at radius 3 is 2.09 bits per heavy atom. The van der Waals surface area contributed by atoms with Gasteiger partial charge in [-0.1, -0.05) is 41.2 Å². The molecule has 0 N–H and O–H groups in total. The highest BCUT2D eigenvalue weighted by Gasteiger charge is 2.86. The van der Waals surface area contributed by atoms with Crippen LogP contribution < -0.4 is 0 Å². The zero-order valence-corrected chi connectivity index (χ0v) is 17.4. The number of hydrogen-bond acceptors (Lipinski definition) is 6. The molecule has 1 aromatic rings. The molecule has 0 saturated carbocycles. The highest BCUT2D eigenvalue weighted by atomic mass is 32.2. The second-order valence-electron chi connectivity index (χ2n) is 6.22. The molecule has 33 heavy (non-hydrogen) atoms. The van der Waals surface area contributed by atoms with E-state index in [1.54, 1.807) is 31.2 Å². The van der Waals surface area contributed by atoms with Crippen molar-refractivity contribution in [1.29, 1.82) is 5.26 Å². The van der Waals surface area contributed by atoms with Crippen LogP contribution in [0.5, 0.6) is 0 Å². The number of oxime groups is 1. The summed E-state index contributed by atoms with van der Waals surface area (Å²) in [5, 5.41) is 4.38. The summed E-state index contributed by atoms with van der Waals surface area (Å²) in [7, 11) is -7.13. The molecular formula is C17H9F9N2O3S2. The van der Waals surface area contributed by atoms with Gasteiger partial charge in [0.2, 0.25) is 0 Å². The van der Waals surface area contributed by atoms with Crippen LogP contribution in [-0.2, 0) is 14.4 Å². The summed E-state index contributed by atoms with van der Waals surface area (Å²) < 4.78 is 142. The lowest BCUT2D eigenvalue weighted by Crippen LogP contribution is -2.63. The average molecular weight is 524 g/mol. The van der Waals surface area contributed by atoms with Crippen molar-refractivity contribution < 1.29 is 52.2 Å². The van der Waals surface area contributed by atoms with E-state index in [0.29, 0.717) is 22.9 Å². The first-order valence-corrected chi connectivity index (χ1v) is 10.4. The minimum absolute atomic E-state index is 0.0316. The molecule has 0 unspecified atom stereocenters. The zero-order chi connectivity index (χ0) is 25.5. The number of rotatable bonds is 6. The van der Waals surface area contributed by atoms with Gasteiger partial charge in [0.25, 0.3) is 0 Å². The smallest absolute Gasteiger partial charge is 0.263 e. The first kappa shape index (κ1) is 26.6. The summed E-state index contributed by atoms with van der Waals surface area (Å²) in [6.45, 7) is 1.65. The van der Waals surface area contributed by atoms with E-state index in [2.05, 4.69) is 9.44 Å². The fourth-order valence-electron chi connectivity index (χ4n) is 2.26. The van der Waals surface area contributed by atoms with Crippen molar-refractivity contribution in [2.45, 2.75) is 30.2 Å². The van der Waals surface area contributed by atoms with Gasteiger partial charge >= 0.3 is 33.4 Å². The molecule has 180 valence electrons. The van der Waals surface area contributed by atoms with E-state index in [9.17, 15) is 53.2 Å². The first-order valence-electron chi connectivity index (χ1n) is 8.18. The fraction of sp³-hybridized carbons (Fsp3) is 0.294. The SMILES string of the molecule is Cc1ccccc1/C(C#N)=C1C=C/C(=N\OS(=O)(=O)C(F)(F)C(F)(F)C(F)(F)C(F)(F)F)S/1. The molecule has 16 heteroatoms. The van der Waals surface area contributed by atoms with E-state index >= 15 is 0 Å². The molecule has 1 aliphatic rings. The summed E-state index contributed by atoms with van der Waals surface area (Å²) in [5.74, 6) is -14.8. The Hall–Kier alpha value is -2.67. The van der Waals surface area contributed by atoms with Crippen LogP contribution in [0.2, 0.25) is 0 Å². The van der Waals surface area contributed by atoms with E-state index in [4.69, 9.17) is 0 Å². The largest absolute Gasteiger partial charge is 0.460 e. The average Bonchev–Trinajstić information content (AvgIpc) is 3.16. The quantitative estimate of drug-likeness (QED) is 0.274. The normalized spacial score (nSPS) is 18.4. The van der Waals surface area contributed by atoms with Gasteiger partial charge in [-0.3, -0.25) is 4.28 Å². The number of thioether (sulfide) groups is 1. The number of alkyl halides is 9. The van der Waals surface area contributed by atoms with Crippen molar-refractivity contribution in [3.8, 4) is 6.07 Å². The Morgan fingerprint density at radius 2 is 1.58 bits per heavy atom. The summed E-state index contributed by atoms with van der Waals surface area (Å²) in [6, 6.07) is 8.31. The van der Waals surface area contributed by atoms with Crippen LogP contribution in [0.3, 0.4) is 0 Å². The number of hydrogen-bond donors (Lipinski definition) is 0. The molecule has 0 spiro atoms. The van der Waals surface area contributed by atoms with Crippen LogP contribution in [0.25, 0.3) is 5.57 Å². The third-order valence-electron chi connectivity index (χ3n) is 4.02. The maximum absolute atomic E-state index is 13.6. The molecule has 0 radical (unpaired) electrons. The highest BCUT2D eigenvalue weighted by Crippen LogP contribution is 2.55. The van der Waals surface area contributed by atoms with Crippen LogP contribution in [0, 0.1) is 18.3 Å². The topological polar surface area (TPSA) is 79.5 Å². The molecule has 2 rings (SSSR count). The van der Waals surface area contributed by atoms with Gasteiger partial charge in [0.05, 0.1) is 5.57 Å². The molecule has 1 aliphatic heterocycles. The molecule has 1 heterocycles. The van der Waals surface area contributed by atoms with Gasteiger partial charge < -0.3 is 0 Å². The van der Waals surface area contributed by atoms with Gasteiger partial charge in [0.15, 0.2) is 0 Å². The Bertz CT molecular complexity index is 1180. The van der Waals surface area contributed by atoms with Crippen LogP contribution in [0.15, 0.2) is 46.5 Å². The molecule has 1 aromatic carbocycles. The van der Waals surface area contributed by atoms with Crippen LogP contribution in [-0.4, -0.2) is 36.7 Å². The Morgan fingerprint density at radius 1 is 1.00 bits per heavy atom. The lowest BCUT2D eigenvalue weighted by Gasteiger charge is -2.31.